The Morgan fingerprint density at radius 1 is 1.17 bits per heavy atom. The van der Waals surface area contributed by atoms with Crippen LogP contribution in [0.15, 0.2) is 59.8 Å². The molecule has 0 aliphatic carbocycles. The molecule has 3 aromatic rings. The van der Waals surface area contributed by atoms with Crippen LogP contribution in [0.5, 0.6) is 5.75 Å². The summed E-state index contributed by atoms with van der Waals surface area (Å²) in [5.41, 5.74) is 1.94. The summed E-state index contributed by atoms with van der Waals surface area (Å²) in [5, 5.41) is 12.0. The van der Waals surface area contributed by atoms with Crippen LogP contribution in [0.1, 0.15) is 38.8 Å². The molecular weight excluding hydrogens is 466 g/mol. The average molecular weight is 490 g/mol. The number of methoxy groups -OCH3 is 1. The van der Waals surface area contributed by atoms with Crippen LogP contribution in [0.25, 0.3) is 0 Å². The van der Waals surface area contributed by atoms with Gasteiger partial charge < -0.3 is 20.4 Å². The standard InChI is InChI=1S/C26H24ClN5O3/c1-5-17-13-21(26(34)30-23-12-11-20(27)16-28-23)24(22(14-17)35-4)31-25(33)19-9-7-18(8-10-19)15-29-32(3)6-2/h1,7-16H,6H2,2-4H3,(H,31,33)(H,28,30,34). The van der Waals surface area contributed by atoms with Crippen molar-refractivity contribution in [3.05, 3.63) is 82.0 Å². The number of benzene rings is 2. The molecule has 35 heavy (non-hydrogen) atoms. The van der Waals surface area contributed by atoms with Crippen LogP contribution >= 0.6 is 11.6 Å². The van der Waals surface area contributed by atoms with Gasteiger partial charge in [-0.05, 0) is 48.9 Å². The van der Waals surface area contributed by atoms with Crippen molar-refractivity contribution < 1.29 is 14.3 Å². The molecule has 0 atom stereocenters. The van der Waals surface area contributed by atoms with Gasteiger partial charge in [0.15, 0.2) is 0 Å². The van der Waals surface area contributed by atoms with E-state index >= 15 is 0 Å². The van der Waals surface area contributed by atoms with Crippen molar-refractivity contribution in [1.29, 1.82) is 0 Å². The Hall–Kier alpha value is -4.35. The first-order valence-electron chi connectivity index (χ1n) is 10.6. The fraction of sp³-hybridized carbons (Fsp3) is 0.154. The minimum absolute atomic E-state index is 0.119. The van der Waals surface area contributed by atoms with Crippen molar-refractivity contribution >= 4 is 41.1 Å². The molecule has 0 aliphatic heterocycles. The Bertz CT molecular complexity index is 1280. The summed E-state index contributed by atoms with van der Waals surface area (Å²) < 4.78 is 5.42. The molecule has 3 rings (SSSR count). The van der Waals surface area contributed by atoms with Crippen molar-refractivity contribution in [2.24, 2.45) is 5.10 Å². The number of halogens is 1. The number of amides is 2. The van der Waals surface area contributed by atoms with Gasteiger partial charge in [0.05, 0.1) is 29.6 Å². The van der Waals surface area contributed by atoms with E-state index in [0.29, 0.717) is 16.1 Å². The number of anilines is 2. The minimum Gasteiger partial charge on any atom is -0.495 e. The normalized spacial score (nSPS) is 10.5. The van der Waals surface area contributed by atoms with E-state index in [1.54, 1.807) is 53.7 Å². The highest BCUT2D eigenvalue weighted by atomic mass is 35.5. The van der Waals surface area contributed by atoms with Gasteiger partial charge in [-0.25, -0.2) is 4.98 Å². The Labute approximate surface area is 209 Å². The van der Waals surface area contributed by atoms with Crippen molar-refractivity contribution in [3.63, 3.8) is 0 Å². The van der Waals surface area contributed by atoms with Crippen LogP contribution in [0.4, 0.5) is 11.5 Å². The SMILES string of the molecule is C#Cc1cc(OC)c(NC(=O)c2ccc(C=NN(C)CC)cc2)c(C(=O)Nc2ccc(Cl)cn2)c1. The molecule has 0 bridgehead atoms. The molecule has 0 saturated carbocycles. The third-order valence-electron chi connectivity index (χ3n) is 4.98. The molecule has 0 saturated heterocycles. The smallest absolute Gasteiger partial charge is 0.259 e. The van der Waals surface area contributed by atoms with Crippen LogP contribution < -0.4 is 15.4 Å². The topological polar surface area (TPSA) is 95.9 Å². The summed E-state index contributed by atoms with van der Waals surface area (Å²) in [5.74, 6) is 2.06. The second kappa shape index (κ2) is 11.7. The van der Waals surface area contributed by atoms with Gasteiger partial charge in [0, 0.05) is 30.9 Å². The number of nitrogens with zero attached hydrogens (tertiary/aromatic N) is 3. The van der Waals surface area contributed by atoms with E-state index in [2.05, 4.69) is 26.6 Å². The molecule has 8 nitrogen and oxygen atoms in total. The van der Waals surface area contributed by atoms with Gasteiger partial charge in [-0.2, -0.15) is 5.10 Å². The maximum absolute atomic E-state index is 13.1. The molecular formula is C26H24ClN5O3. The Morgan fingerprint density at radius 3 is 2.51 bits per heavy atom. The number of hydrogen-bond acceptors (Lipinski definition) is 6. The van der Waals surface area contributed by atoms with E-state index in [1.807, 2.05) is 14.0 Å². The van der Waals surface area contributed by atoms with Crippen molar-refractivity contribution in [1.82, 2.24) is 9.99 Å². The largest absolute Gasteiger partial charge is 0.495 e. The van der Waals surface area contributed by atoms with Crippen LogP contribution in [0.2, 0.25) is 5.02 Å². The first-order valence-corrected chi connectivity index (χ1v) is 11.0. The van der Waals surface area contributed by atoms with Crippen molar-refractivity contribution in [2.45, 2.75) is 6.92 Å². The number of hydrazone groups is 1. The fourth-order valence-corrected chi connectivity index (χ4v) is 3.07. The lowest BCUT2D eigenvalue weighted by atomic mass is 10.1. The molecule has 0 fully saturated rings. The average Bonchev–Trinajstić information content (AvgIpc) is 2.88. The molecule has 2 amide bonds. The summed E-state index contributed by atoms with van der Waals surface area (Å²) >= 11 is 5.86. The van der Waals surface area contributed by atoms with E-state index in [1.165, 1.54) is 19.4 Å². The Morgan fingerprint density at radius 2 is 1.91 bits per heavy atom. The quantitative estimate of drug-likeness (QED) is 0.275. The minimum atomic E-state index is -0.530. The van der Waals surface area contributed by atoms with Crippen LogP contribution in [0.3, 0.4) is 0 Å². The first-order chi connectivity index (χ1) is 16.8. The molecule has 0 unspecified atom stereocenters. The number of aromatic nitrogens is 1. The maximum Gasteiger partial charge on any atom is 0.259 e. The number of rotatable bonds is 8. The van der Waals surface area contributed by atoms with Gasteiger partial charge in [0.25, 0.3) is 11.8 Å². The lowest BCUT2D eigenvalue weighted by Crippen LogP contribution is -2.19. The number of pyridine rings is 1. The zero-order valence-electron chi connectivity index (χ0n) is 19.5. The second-order valence-corrected chi connectivity index (χ2v) is 7.79. The number of carbonyl (C=O) groups excluding carboxylic acids is 2. The fourth-order valence-electron chi connectivity index (χ4n) is 2.95. The molecule has 0 aliphatic rings. The van der Waals surface area contributed by atoms with Gasteiger partial charge in [0.1, 0.15) is 11.6 Å². The van der Waals surface area contributed by atoms with Crippen LogP contribution in [-0.4, -0.2) is 48.7 Å². The maximum atomic E-state index is 13.1. The highest BCUT2D eigenvalue weighted by Crippen LogP contribution is 2.31. The van der Waals surface area contributed by atoms with Gasteiger partial charge in [0.2, 0.25) is 0 Å². The number of terminal acetylenes is 1. The lowest BCUT2D eigenvalue weighted by molar-refractivity contribution is 0.102. The highest BCUT2D eigenvalue weighted by molar-refractivity contribution is 6.30. The van der Waals surface area contributed by atoms with Gasteiger partial charge in [-0.3, -0.25) is 9.59 Å². The molecule has 0 radical (unpaired) electrons. The van der Waals surface area contributed by atoms with Gasteiger partial charge >= 0.3 is 0 Å². The number of carbonyl (C=O) groups is 2. The van der Waals surface area contributed by atoms with Crippen molar-refractivity contribution in [3.8, 4) is 18.1 Å². The Kier molecular flexibility index (Phi) is 8.43. The molecule has 9 heteroatoms. The summed E-state index contributed by atoms with van der Waals surface area (Å²) in [6, 6.07) is 13.1. The zero-order chi connectivity index (χ0) is 25.4. The monoisotopic (exact) mass is 489 g/mol. The number of ether oxygens (including phenoxy) is 1. The summed E-state index contributed by atoms with van der Waals surface area (Å²) in [7, 11) is 3.29. The highest BCUT2D eigenvalue weighted by Gasteiger charge is 2.21. The molecule has 2 N–H and O–H groups in total. The predicted molar refractivity (Wildman–Crippen MR) is 138 cm³/mol. The Balaban J connectivity index is 1.89. The molecule has 178 valence electrons. The van der Waals surface area contributed by atoms with E-state index in [0.717, 1.165) is 12.1 Å². The van der Waals surface area contributed by atoms with Crippen molar-refractivity contribution in [2.75, 3.05) is 31.3 Å². The molecule has 0 spiro atoms. The van der Waals surface area contributed by atoms with E-state index in [-0.39, 0.29) is 22.8 Å². The predicted octanol–water partition coefficient (Wildman–Crippen LogP) is 4.52. The third-order valence-corrected chi connectivity index (χ3v) is 5.20. The summed E-state index contributed by atoms with van der Waals surface area (Å²) in [4.78, 5) is 30.2. The second-order valence-electron chi connectivity index (χ2n) is 7.36. The van der Waals surface area contributed by atoms with Gasteiger partial charge in [-0.1, -0.05) is 29.7 Å². The number of hydrogen-bond donors (Lipinski definition) is 2. The molecule has 1 heterocycles. The van der Waals surface area contributed by atoms with Gasteiger partial charge in [-0.15, -0.1) is 6.42 Å². The van der Waals surface area contributed by atoms with Crippen LogP contribution in [-0.2, 0) is 0 Å². The first kappa shape index (κ1) is 25.3. The van der Waals surface area contributed by atoms with Crippen LogP contribution in [0, 0.1) is 12.3 Å². The molecule has 2 aromatic carbocycles. The summed E-state index contributed by atoms with van der Waals surface area (Å²) in [6.07, 6.45) is 8.67. The third kappa shape index (κ3) is 6.59. The van der Waals surface area contributed by atoms with E-state index < -0.39 is 11.8 Å². The van der Waals surface area contributed by atoms with E-state index in [4.69, 9.17) is 22.8 Å². The number of nitrogens with one attached hydrogen (secondary N) is 2. The summed E-state index contributed by atoms with van der Waals surface area (Å²) in [6.45, 7) is 2.77. The zero-order valence-corrected chi connectivity index (χ0v) is 20.3. The lowest BCUT2D eigenvalue weighted by Gasteiger charge is -2.16. The van der Waals surface area contributed by atoms with E-state index in [9.17, 15) is 9.59 Å². The molecule has 1 aromatic heterocycles.